The van der Waals surface area contributed by atoms with Crippen LogP contribution >= 0.6 is 0 Å². The van der Waals surface area contributed by atoms with Crippen LogP contribution in [0.3, 0.4) is 0 Å². The summed E-state index contributed by atoms with van der Waals surface area (Å²) in [5, 5.41) is 2.23. The molecule has 1 saturated heterocycles. The molecule has 0 saturated carbocycles. The summed E-state index contributed by atoms with van der Waals surface area (Å²) in [4.78, 5) is 18.4. The van der Waals surface area contributed by atoms with Crippen LogP contribution in [0.2, 0.25) is 0 Å². The molecule has 5 N–H and O–H groups in total. The Labute approximate surface area is 185 Å². The number of nitrogens with one attached hydrogen (secondary N) is 1. The van der Waals surface area contributed by atoms with Crippen LogP contribution < -0.4 is 20.8 Å². The lowest BCUT2D eigenvalue weighted by atomic mass is 9.71. The molecule has 1 amide bonds. The quantitative estimate of drug-likeness (QED) is 0.623. The normalized spacial score (nSPS) is 26.0. The molecule has 7 nitrogen and oxygen atoms in total. The Bertz CT molecular complexity index is 1040. The summed E-state index contributed by atoms with van der Waals surface area (Å²) in [6, 6.07) is 5.61. The monoisotopic (exact) mass is 448 g/mol. The SMILES string of the molecule is Cc1coc(C2CC(C3(c4cc(C)c(OC(F)F)c(C)c4)[NH+]=C(N)N(C)C3=O)CC[NH2+]2)c1. The van der Waals surface area contributed by atoms with Crippen LogP contribution in [-0.4, -0.2) is 37.0 Å². The number of rotatable bonds is 5. The molecule has 0 spiro atoms. The van der Waals surface area contributed by atoms with E-state index in [0.29, 0.717) is 23.1 Å². The minimum absolute atomic E-state index is 0.0738. The van der Waals surface area contributed by atoms with Crippen LogP contribution in [0.15, 0.2) is 28.9 Å². The molecule has 2 aromatic rings. The minimum Gasteiger partial charge on any atom is -0.463 e. The molecule has 1 aromatic carbocycles. The average molecular weight is 449 g/mol. The molecule has 1 fully saturated rings. The van der Waals surface area contributed by atoms with Crippen LogP contribution in [0.5, 0.6) is 5.75 Å². The molecular weight excluding hydrogens is 418 g/mol. The Kier molecular flexibility index (Phi) is 5.70. The molecule has 3 heterocycles. The van der Waals surface area contributed by atoms with Gasteiger partial charge in [-0.05, 0) is 55.7 Å². The predicted octanol–water partition coefficient (Wildman–Crippen LogP) is 0.584. The molecule has 9 heteroatoms. The van der Waals surface area contributed by atoms with Crippen molar-refractivity contribution < 1.29 is 33.0 Å². The van der Waals surface area contributed by atoms with Gasteiger partial charge in [-0.3, -0.25) is 15.5 Å². The number of benzene rings is 1. The van der Waals surface area contributed by atoms with Crippen molar-refractivity contribution in [2.24, 2.45) is 11.7 Å². The first kappa shape index (κ1) is 22.3. The Morgan fingerprint density at radius 3 is 2.50 bits per heavy atom. The zero-order chi connectivity index (χ0) is 23.2. The van der Waals surface area contributed by atoms with Crippen molar-refractivity contribution in [3.63, 3.8) is 0 Å². The first-order valence-electron chi connectivity index (χ1n) is 10.8. The number of halogens is 2. The first-order valence-corrected chi connectivity index (χ1v) is 10.8. The molecule has 2 aliphatic heterocycles. The van der Waals surface area contributed by atoms with Gasteiger partial charge in [0.1, 0.15) is 11.8 Å². The maximum absolute atomic E-state index is 13.6. The number of carbonyl (C=O) groups is 1. The van der Waals surface area contributed by atoms with Crippen molar-refractivity contribution in [1.29, 1.82) is 0 Å². The number of hydrogen-bond acceptors (Lipinski definition) is 4. The van der Waals surface area contributed by atoms with E-state index >= 15 is 0 Å². The summed E-state index contributed by atoms with van der Waals surface area (Å²) in [7, 11) is 1.64. The molecule has 3 unspecified atom stereocenters. The van der Waals surface area contributed by atoms with Gasteiger partial charge < -0.3 is 14.5 Å². The van der Waals surface area contributed by atoms with Crippen molar-refractivity contribution in [2.45, 2.75) is 51.8 Å². The maximum Gasteiger partial charge on any atom is 0.387 e. The molecule has 2 aliphatic rings. The zero-order valence-electron chi connectivity index (χ0n) is 18.7. The molecular formula is C23H30F2N4O3+2. The summed E-state index contributed by atoms with van der Waals surface area (Å²) in [6.45, 7) is 3.30. The van der Waals surface area contributed by atoms with Gasteiger partial charge in [0.15, 0.2) is 5.76 Å². The summed E-state index contributed by atoms with van der Waals surface area (Å²) in [5.41, 5.74) is 7.92. The highest BCUT2D eigenvalue weighted by atomic mass is 19.3. The number of guanidine groups is 1. The number of nitrogens with zero attached hydrogens (tertiary/aromatic N) is 1. The summed E-state index contributed by atoms with van der Waals surface area (Å²) in [6.07, 6.45) is 3.21. The van der Waals surface area contributed by atoms with Gasteiger partial charge in [0.2, 0.25) is 5.54 Å². The van der Waals surface area contributed by atoms with Crippen LogP contribution in [0.1, 0.15) is 46.9 Å². The zero-order valence-corrected chi connectivity index (χ0v) is 18.7. The van der Waals surface area contributed by atoms with E-state index in [1.165, 1.54) is 4.90 Å². The lowest BCUT2D eigenvalue weighted by Gasteiger charge is -2.36. The second-order valence-corrected chi connectivity index (χ2v) is 8.88. The number of hydrogen-bond donors (Lipinski definition) is 3. The lowest BCUT2D eigenvalue weighted by Crippen LogP contribution is -2.92. The number of aryl methyl sites for hydroxylation is 3. The number of piperidine rings is 1. The van der Waals surface area contributed by atoms with Crippen molar-refractivity contribution >= 4 is 11.9 Å². The second-order valence-electron chi connectivity index (χ2n) is 8.88. The van der Waals surface area contributed by atoms with Gasteiger partial charge in [0, 0.05) is 24.3 Å². The van der Waals surface area contributed by atoms with E-state index in [1.807, 2.05) is 13.0 Å². The van der Waals surface area contributed by atoms with Gasteiger partial charge in [0.05, 0.1) is 19.9 Å². The largest absolute Gasteiger partial charge is 0.463 e. The fraction of sp³-hybridized carbons (Fsp3) is 0.478. The highest BCUT2D eigenvalue weighted by molar-refractivity contribution is 6.01. The number of ether oxygens (including phenoxy) is 1. The predicted molar refractivity (Wildman–Crippen MR) is 113 cm³/mol. The Morgan fingerprint density at radius 1 is 1.28 bits per heavy atom. The van der Waals surface area contributed by atoms with Crippen molar-refractivity contribution in [3.05, 3.63) is 52.5 Å². The van der Waals surface area contributed by atoms with Crippen molar-refractivity contribution in [2.75, 3.05) is 13.6 Å². The number of quaternary nitrogens is 1. The second kappa shape index (κ2) is 8.20. The summed E-state index contributed by atoms with van der Waals surface area (Å²) < 4.78 is 36.3. The number of likely N-dealkylation sites (N-methyl/N-ethyl adjacent to an activating group) is 1. The van der Waals surface area contributed by atoms with Gasteiger partial charge in [0.25, 0.3) is 0 Å². The summed E-state index contributed by atoms with van der Waals surface area (Å²) >= 11 is 0. The molecule has 0 aliphatic carbocycles. The van der Waals surface area contributed by atoms with Crippen molar-refractivity contribution in [3.8, 4) is 5.75 Å². The van der Waals surface area contributed by atoms with E-state index in [-0.39, 0.29) is 29.6 Å². The molecule has 0 radical (unpaired) electrons. The van der Waals surface area contributed by atoms with Crippen LogP contribution in [-0.2, 0) is 10.3 Å². The Morgan fingerprint density at radius 2 is 1.97 bits per heavy atom. The highest BCUT2D eigenvalue weighted by Gasteiger charge is 2.58. The molecule has 172 valence electrons. The molecule has 32 heavy (non-hydrogen) atoms. The highest BCUT2D eigenvalue weighted by Crippen LogP contribution is 2.40. The number of alkyl halides is 2. The molecule has 4 rings (SSSR count). The van der Waals surface area contributed by atoms with Crippen LogP contribution in [0.4, 0.5) is 8.78 Å². The molecule has 3 atom stereocenters. The standard InChI is InChI=1S/C23H28F2N4O3/c1-12-7-18(31-11-12)17-10-15(5-6-27-17)23(20(30)29(4)22(26)28-23)16-8-13(2)19(14(3)9-16)32-21(24)25/h7-9,11,15,17,21,27H,5-6,10H2,1-4H3,(H2,26,28)/p+2. The van der Waals surface area contributed by atoms with E-state index < -0.39 is 12.2 Å². The number of nitrogens with two attached hydrogens (primary N) is 2. The fourth-order valence-corrected chi connectivity index (χ4v) is 5.17. The lowest BCUT2D eigenvalue weighted by molar-refractivity contribution is -0.713. The van der Waals surface area contributed by atoms with Gasteiger partial charge in [-0.15, -0.1) is 0 Å². The van der Waals surface area contributed by atoms with E-state index in [0.717, 1.165) is 24.3 Å². The van der Waals surface area contributed by atoms with E-state index in [2.05, 4.69) is 10.3 Å². The first-order chi connectivity index (χ1) is 15.1. The third-order valence-electron chi connectivity index (χ3n) is 6.68. The Balaban J connectivity index is 1.79. The third kappa shape index (κ3) is 3.64. The average Bonchev–Trinajstić information content (AvgIpc) is 3.28. The van der Waals surface area contributed by atoms with Gasteiger partial charge in [-0.2, -0.15) is 8.78 Å². The number of furan rings is 1. The molecule has 1 aromatic heterocycles. The van der Waals surface area contributed by atoms with E-state index in [4.69, 9.17) is 14.9 Å². The van der Waals surface area contributed by atoms with Gasteiger partial charge >= 0.3 is 18.5 Å². The smallest absolute Gasteiger partial charge is 0.387 e. The fourth-order valence-electron chi connectivity index (χ4n) is 5.17. The van der Waals surface area contributed by atoms with Crippen LogP contribution in [0, 0.1) is 26.7 Å². The van der Waals surface area contributed by atoms with E-state index in [9.17, 15) is 13.6 Å². The summed E-state index contributed by atoms with van der Waals surface area (Å²) in [5.74, 6) is 1.05. The van der Waals surface area contributed by atoms with Gasteiger partial charge in [-0.1, -0.05) is 0 Å². The maximum atomic E-state index is 13.6. The van der Waals surface area contributed by atoms with Crippen molar-refractivity contribution in [1.82, 2.24) is 4.90 Å². The minimum atomic E-state index is -2.92. The Hall–Kier alpha value is -2.94. The molecule has 0 bridgehead atoms. The van der Waals surface area contributed by atoms with Crippen LogP contribution in [0.25, 0.3) is 0 Å². The third-order valence-corrected chi connectivity index (χ3v) is 6.68. The van der Waals surface area contributed by atoms with Gasteiger partial charge in [-0.25, -0.2) is 4.90 Å². The number of amides is 1. The topological polar surface area (TPSA) is 99.3 Å². The van der Waals surface area contributed by atoms with E-state index in [1.54, 1.807) is 39.3 Å². The number of carbonyl (C=O) groups excluding carboxylic acids is 1.